The number of pyridine rings is 1. The number of thiophene rings is 1. The number of hydrazine groups is 1. The first-order valence-corrected chi connectivity index (χ1v) is 6.61. The van der Waals surface area contributed by atoms with Crippen molar-refractivity contribution in [2.75, 3.05) is 0 Å². The molecule has 2 heterocycles. The zero-order chi connectivity index (χ0) is 12.4. The van der Waals surface area contributed by atoms with Gasteiger partial charge in [0.2, 0.25) is 0 Å². The Morgan fingerprint density at radius 3 is 2.78 bits per heavy atom. The number of nitrogens with two attached hydrogens (primary N) is 1. The highest BCUT2D eigenvalue weighted by atomic mass is 32.1. The van der Waals surface area contributed by atoms with E-state index in [2.05, 4.69) is 28.6 Å². The van der Waals surface area contributed by atoms with E-state index in [-0.39, 0.29) is 6.04 Å². The summed E-state index contributed by atoms with van der Waals surface area (Å²) in [5, 5.41) is 4.36. The van der Waals surface area contributed by atoms with Gasteiger partial charge in [0.05, 0.1) is 11.7 Å². The molecule has 0 spiro atoms. The largest absolute Gasteiger partial charge is 0.270 e. The summed E-state index contributed by atoms with van der Waals surface area (Å²) < 4.78 is 0. The van der Waals surface area contributed by atoms with E-state index in [4.69, 9.17) is 5.84 Å². The van der Waals surface area contributed by atoms with Gasteiger partial charge in [0.25, 0.3) is 0 Å². The molecule has 18 heavy (non-hydrogen) atoms. The zero-order valence-electron chi connectivity index (χ0n) is 9.71. The Morgan fingerprint density at radius 1 is 1.11 bits per heavy atom. The Kier molecular flexibility index (Phi) is 3.06. The van der Waals surface area contributed by atoms with Gasteiger partial charge in [-0.2, -0.15) is 0 Å². The average molecular weight is 255 g/mol. The minimum atomic E-state index is -0.0592. The summed E-state index contributed by atoms with van der Waals surface area (Å²) in [6, 6.07) is 14.3. The van der Waals surface area contributed by atoms with Crippen LogP contribution in [0.15, 0.2) is 54.0 Å². The van der Waals surface area contributed by atoms with Gasteiger partial charge in [0.1, 0.15) is 0 Å². The van der Waals surface area contributed by atoms with Crippen LogP contribution in [0.2, 0.25) is 0 Å². The van der Waals surface area contributed by atoms with Crippen molar-refractivity contribution >= 4 is 22.1 Å². The lowest BCUT2D eigenvalue weighted by Crippen LogP contribution is -2.29. The molecule has 1 unspecified atom stereocenters. The second kappa shape index (κ2) is 4.86. The summed E-state index contributed by atoms with van der Waals surface area (Å²) in [6.07, 6.45) is 1.83. The lowest BCUT2D eigenvalue weighted by atomic mass is 10.0. The van der Waals surface area contributed by atoms with Crippen molar-refractivity contribution in [1.82, 2.24) is 10.4 Å². The SMILES string of the molecule is NNC(c1cccs1)c1nccc2ccccc12. The van der Waals surface area contributed by atoms with E-state index in [1.807, 2.05) is 35.8 Å². The lowest BCUT2D eigenvalue weighted by Gasteiger charge is -2.15. The van der Waals surface area contributed by atoms with Crippen molar-refractivity contribution in [3.63, 3.8) is 0 Å². The highest BCUT2D eigenvalue weighted by molar-refractivity contribution is 7.10. The van der Waals surface area contributed by atoms with E-state index in [0.29, 0.717) is 0 Å². The molecule has 0 saturated carbocycles. The van der Waals surface area contributed by atoms with Crippen LogP contribution in [0.5, 0.6) is 0 Å². The molecule has 0 fully saturated rings. The van der Waals surface area contributed by atoms with E-state index < -0.39 is 0 Å². The van der Waals surface area contributed by atoms with E-state index in [0.717, 1.165) is 11.1 Å². The first-order valence-electron chi connectivity index (χ1n) is 5.73. The Balaban J connectivity index is 2.18. The smallest absolute Gasteiger partial charge is 0.0979 e. The maximum absolute atomic E-state index is 5.70. The molecule has 1 atom stereocenters. The quantitative estimate of drug-likeness (QED) is 0.559. The number of nitrogens with one attached hydrogen (secondary N) is 1. The van der Waals surface area contributed by atoms with Gasteiger partial charge in [-0.05, 0) is 22.9 Å². The van der Waals surface area contributed by atoms with Crippen LogP contribution in [-0.2, 0) is 0 Å². The second-order valence-corrected chi connectivity index (χ2v) is 5.01. The number of hydrogen-bond donors (Lipinski definition) is 2. The third kappa shape index (κ3) is 1.90. The predicted molar refractivity (Wildman–Crippen MR) is 75.2 cm³/mol. The predicted octanol–water partition coefficient (Wildman–Crippen LogP) is 2.85. The van der Waals surface area contributed by atoms with E-state index in [9.17, 15) is 0 Å². The minimum absolute atomic E-state index is 0.0592. The Hall–Kier alpha value is -1.75. The number of benzene rings is 1. The molecule has 90 valence electrons. The van der Waals surface area contributed by atoms with Crippen molar-refractivity contribution in [1.29, 1.82) is 0 Å². The fourth-order valence-corrected chi connectivity index (χ4v) is 2.91. The van der Waals surface area contributed by atoms with Crippen LogP contribution in [0, 0.1) is 0 Å². The molecule has 1 aromatic carbocycles. The fourth-order valence-electron chi connectivity index (χ4n) is 2.12. The van der Waals surface area contributed by atoms with Crippen molar-refractivity contribution in [2.24, 2.45) is 5.84 Å². The average Bonchev–Trinajstić information content (AvgIpc) is 2.94. The van der Waals surface area contributed by atoms with Gasteiger partial charge in [-0.3, -0.25) is 10.8 Å². The minimum Gasteiger partial charge on any atom is -0.270 e. The van der Waals surface area contributed by atoms with Crippen molar-refractivity contribution in [3.05, 3.63) is 64.6 Å². The maximum Gasteiger partial charge on any atom is 0.0979 e. The van der Waals surface area contributed by atoms with Crippen molar-refractivity contribution < 1.29 is 0 Å². The van der Waals surface area contributed by atoms with Gasteiger partial charge in [-0.1, -0.05) is 30.3 Å². The highest BCUT2D eigenvalue weighted by Crippen LogP contribution is 2.28. The normalized spacial score (nSPS) is 12.7. The molecule has 4 heteroatoms. The first-order chi connectivity index (χ1) is 8.90. The van der Waals surface area contributed by atoms with Crippen LogP contribution < -0.4 is 11.3 Å². The lowest BCUT2D eigenvalue weighted by molar-refractivity contribution is 0.635. The van der Waals surface area contributed by atoms with Crippen LogP contribution in [-0.4, -0.2) is 4.98 Å². The summed E-state index contributed by atoms with van der Waals surface area (Å²) in [5.74, 6) is 5.70. The van der Waals surface area contributed by atoms with E-state index >= 15 is 0 Å². The number of aromatic nitrogens is 1. The van der Waals surface area contributed by atoms with Gasteiger partial charge in [-0.25, -0.2) is 5.43 Å². The van der Waals surface area contributed by atoms with Crippen LogP contribution in [0.4, 0.5) is 0 Å². The number of nitrogens with zero attached hydrogens (tertiary/aromatic N) is 1. The van der Waals surface area contributed by atoms with Crippen LogP contribution >= 0.6 is 11.3 Å². The molecular formula is C14H13N3S. The third-order valence-corrected chi connectivity index (χ3v) is 3.91. The third-order valence-electron chi connectivity index (χ3n) is 2.97. The molecule has 0 aliphatic carbocycles. The number of rotatable bonds is 3. The molecule has 0 saturated heterocycles. The summed E-state index contributed by atoms with van der Waals surface area (Å²) in [5.41, 5.74) is 3.83. The maximum atomic E-state index is 5.70. The Bertz CT molecular complexity index is 644. The molecule has 3 N–H and O–H groups in total. The van der Waals surface area contributed by atoms with Gasteiger partial charge < -0.3 is 0 Å². The van der Waals surface area contributed by atoms with Crippen LogP contribution in [0.3, 0.4) is 0 Å². The van der Waals surface area contributed by atoms with E-state index in [1.54, 1.807) is 11.3 Å². The fraction of sp³-hybridized carbons (Fsp3) is 0.0714. The van der Waals surface area contributed by atoms with Gasteiger partial charge in [0, 0.05) is 16.5 Å². The molecule has 0 bridgehead atoms. The standard InChI is InChI=1S/C14H13N3S/c15-17-14(12-6-3-9-18-12)13-11-5-2-1-4-10(11)7-8-16-13/h1-9,14,17H,15H2. The van der Waals surface area contributed by atoms with Crippen molar-refractivity contribution in [2.45, 2.75) is 6.04 Å². The summed E-state index contributed by atoms with van der Waals surface area (Å²) in [6.45, 7) is 0. The second-order valence-electron chi connectivity index (χ2n) is 4.03. The Morgan fingerprint density at radius 2 is 2.00 bits per heavy atom. The van der Waals surface area contributed by atoms with Gasteiger partial charge in [-0.15, -0.1) is 11.3 Å². The number of hydrogen-bond acceptors (Lipinski definition) is 4. The Labute approximate surface area is 109 Å². The molecule has 2 aromatic heterocycles. The molecule has 0 aliphatic rings. The first kappa shape index (κ1) is 11.3. The molecule has 3 nitrogen and oxygen atoms in total. The van der Waals surface area contributed by atoms with Crippen molar-refractivity contribution in [3.8, 4) is 0 Å². The van der Waals surface area contributed by atoms with E-state index in [1.165, 1.54) is 10.3 Å². The van der Waals surface area contributed by atoms with Crippen LogP contribution in [0.1, 0.15) is 16.6 Å². The monoisotopic (exact) mass is 255 g/mol. The summed E-state index contributed by atoms with van der Waals surface area (Å²) in [4.78, 5) is 5.67. The molecule has 3 aromatic rings. The zero-order valence-corrected chi connectivity index (χ0v) is 10.5. The molecular weight excluding hydrogens is 242 g/mol. The van der Waals surface area contributed by atoms with Crippen LogP contribution in [0.25, 0.3) is 10.8 Å². The molecule has 0 aliphatic heterocycles. The molecule has 3 rings (SSSR count). The molecule has 0 radical (unpaired) electrons. The van der Waals surface area contributed by atoms with Gasteiger partial charge >= 0.3 is 0 Å². The summed E-state index contributed by atoms with van der Waals surface area (Å²) in [7, 11) is 0. The number of fused-ring (bicyclic) bond motifs is 1. The molecule has 0 amide bonds. The van der Waals surface area contributed by atoms with Gasteiger partial charge in [0.15, 0.2) is 0 Å². The topological polar surface area (TPSA) is 50.9 Å². The summed E-state index contributed by atoms with van der Waals surface area (Å²) >= 11 is 1.68. The highest BCUT2D eigenvalue weighted by Gasteiger charge is 2.17.